The Hall–Kier alpha value is -0.770. The summed E-state index contributed by atoms with van der Waals surface area (Å²) in [6.07, 6.45) is 1.65. The maximum atomic E-state index is 9.32. The van der Waals surface area contributed by atoms with Gasteiger partial charge in [0, 0.05) is 11.6 Å². The predicted molar refractivity (Wildman–Crippen MR) is 80.0 cm³/mol. The Morgan fingerprint density at radius 1 is 1.42 bits per heavy atom. The molecule has 4 heteroatoms. The van der Waals surface area contributed by atoms with E-state index in [0.717, 1.165) is 33.9 Å². The third kappa shape index (κ3) is 4.10. The summed E-state index contributed by atoms with van der Waals surface area (Å²) in [6.45, 7) is 7.26. The summed E-state index contributed by atoms with van der Waals surface area (Å²) in [5, 5.41) is 10.1. The molecule has 1 unspecified atom stereocenters. The molecule has 19 heavy (non-hydrogen) atoms. The van der Waals surface area contributed by atoms with Crippen molar-refractivity contribution in [1.29, 1.82) is 0 Å². The molecule has 1 aromatic carbocycles. The highest BCUT2D eigenvalue weighted by molar-refractivity contribution is 6.32. The average molecular weight is 286 g/mol. The van der Waals surface area contributed by atoms with Crippen LogP contribution < -0.4 is 10.5 Å². The van der Waals surface area contributed by atoms with E-state index in [0.29, 0.717) is 19.6 Å². The van der Waals surface area contributed by atoms with Crippen molar-refractivity contribution in [1.82, 2.24) is 0 Å². The Morgan fingerprint density at radius 3 is 2.63 bits per heavy atom. The molecule has 1 rings (SSSR count). The molecular formula is C15H24ClNO2. The van der Waals surface area contributed by atoms with Gasteiger partial charge in [-0.15, -0.1) is 0 Å². The summed E-state index contributed by atoms with van der Waals surface area (Å²) in [6, 6.07) is 1.98. The van der Waals surface area contributed by atoms with Gasteiger partial charge in [-0.3, -0.25) is 0 Å². The van der Waals surface area contributed by atoms with Gasteiger partial charge < -0.3 is 15.6 Å². The van der Waals surface area contributed by atoms with Crippen LogP contribution in [-0.2, 0) is 6.42 Å². The topological polar surface area (TPSA) is 55.5 Å². The van der Waals surface area contributed by atoms with Crippen molar-refractivity contribution in [2.75, 3.05) is 19.8 Å². The number of ether oxygens (including phenoxy) is 1. The summed E-state index contributed by atoms with van der Waals surface area (Å²) < 4.78 is 5.81. The molecule has 1 aromatic rings. The lowest BCUT2D eigenvalue weighted by Crippen LogP contribution is -2.21. The maximum Gasteiger partial charge on any atom is 0.123 e. The molecular weight excluding hydrogens is 262 g/mol. The number of aliphatic hydroxyl groups is 1. The van der Waals surface area contributed by atoms with Gasteiger partial charge in [0.25, 0.3) is 0 Å². The zero-order valence-corrected chi connectivity index (χ0v) is 12.8. The lowest BCUT2D eigenvalue weighted by Gasteiger charge is -2.20. The predicted octanol–water partition coefficient (Wildman–Crippen LogP) is 2.86. The second-order valence-electron chi connectivity index (χ2n) is 4.95. The van der Waals surface area contributed by atoms with Gasteiger partial charge in [0.2, 0.25) is 0 Å². The van der Waals surface area contributed by atoms with E-state index in [1.54, 1.807) is 0 Å². The normalized spacial score (nSPS) is 12.5. The number of halogens is 1. The van der Waals surface area contributed by atoms with Crippen LogP contribution in [0.3, 0.4) is 0 Å². The molecule has 0 bridgehead atoms. The van der Waals surface area contributed by atoms with Gasteiger partial charge in [-0.1, -0.05) is 18.5 Å². The maximum absolute atomic E-state index is 9.32. The molecule has 0 aromatic heterocycles. The van der Waals surface area contributed by atoms with E-state index < -0.39 is 0 Å². The van der Waals surface area contributed by atoms with Gasteiger partial charge >= 0.3 is 0 Å². The van der Waals surface area contributed by atoms with E-state index >= 15 is 0 Å². The van der Waals surface area contributed by atoms with Crippen LogP contribution in [0.2, 0.25) is 5.02 Å². The first kappa shape index (κ1) is 16.3. The van der Waals surface area contributed by atoms with E-state index in [1.165, 1.54) is 0 Å². The largest absolute Gasteiger partial charge is 0.493 e. The van der Waals surface area contributed by atoms with E-state index in [9.17, 15) is 5.11 Å². The lowest BCUT2D eigenvalue weighted by atomic mass is 9.94. The Balaban J connectivity index is 3.13. The third-order valence-electron chi connectivity index (χ3n) is 3.32. The smallest absolute Gasteiger partial charge is 0.123 e. The molecule has 0 saturated heterocycles. The van der Waals surface area contributed by atoms with Crippen LogP contribution in [0.1, 0.15) is 30.0 Å². The molecule has 3 N–H and O–H groups in total. The minimum Gasteiger partial charge on any atom is -0.493 e. The second-order valence-corrected chi connectivity index (χ2v) is 5.32. The molecule has 0 aliphatic rings. The van der Waals surface area contributed by atoms with Crippen molar-refractivity contribution in [2.24, 2.45) is 11.7 Å². The van der Waals surface area contributed by atoms with Crippen molar-refractivity contribution in [2.45, 2.75) is 33.6 Å². The Bertz CT molecular complexity index is 417. The number of aliphatic hydroxyl groups excluding tert-OH is 1. The minimum absolute atomic E-state index is 0.0430. The fourth-order valence-corrected chi connectivity index (χ4v) is 2.23. The van der Waals surface area contributed by atoms with Gasteiger partial charge in [0.05, 0.1) is 6.61 Å². The van der Waals surface area contributed by atoms with Gasteiger partial charge in [-0.25, -0.2) is 0 Å². The molecule has 0 amide bonds. The Morgan fingerprint density at radius 2 is 2.11 bits per heavy atom. The van der Waals surface area contributed by atoms with Crippen LogP contribution in [0.4, 0.5) is 0 Å². The SMILES string of the molecule is CCCOc1cc(C)c(Cl)c(C)c1CC(CN)CO. The number of rotatable bonds is 7. The summed E-state index contributed by atoms with van der Waals surface area (Å²) >= 11 is 6.31. The van der Waals surface area contributed by atoms with Crippen LogP contribution in [0.15, 0.2) is 6.07 Å². The first-order valence-electron chi connectivity index (χ1n) is 6.77. The number of hydrogen-bond donors (Lipinski definition) is 2. The minimum atomic E-state index is 0.0430. The van der Waals surface area contributed by atoms with Gasteiger partial charge in [0.1, 0.15) is 5.75 Å². The van der Waals surface area contributed by atoms with Crippen molar-refractivity contribution in [3.05, 3.63) is 27.8 Å². The summed E-state index contributed by atoms with van der Waals surface area (Å²) in [5.41, 5.74) is 8.77. The molecule has 1 atom stereocenters. The Labute approximate surface area is 120 Å². The molecule has 0 spiro atoms. The molecule has 3 nitrogen and oxygen atoms in total. The van der Waals surface area contributed by atoms with E-state index in [4.69, 9.17) is 22.1 Å². The van der Waals surface area contributed by atoms with Crippen LogP contribution >= 0.6 is 11.6 Å². The highest BCUT2D eigenvalue weighted by Gasteiger charge is 2.17. The zero-order chi connectivity index (χ0) is 14.4. The van der Waals surface area contributed by atoms with Crippen molar-refractivity contribution in [3.8, 4) is 5.75 Å². The first-order chi connectivity index (χ1) is 9.04. The van der Waals surface area contributed by atoms with E-state index in [2.05, 4.69) is 6.92 Å². The van der Waals surface area contributed by atoms with Crippen LogP contribution in [-0.4, -0.2) is 24.9 Å². The van der Waals surface area contributed by atoms with Gasteiger partial charge in [-0.05, 0) is 61.9 Å². The first-order valence-corrected chi connectivity index (χ1v) is 7.15. The fourth-order valence-electron chi connectivity index (χ4n) is 2.07. The van der Waals surface area contributed by atoms with Crippen molar-refractivity contribution in [3.63, 3.8) is 0 Å². The highest BCUT2D eigenvalue weighted by atomic mass is 35.5. The number of hydrogen-bond acceptors (Lipinski definition) is 3. The van der Waals surface area contributed by atoms with E-state index in [-0.39, 0.29) is 12.5 Å². The van der Waals surface area contributed by atoms with Gasteiger partial charge in [-0.2, -0.15) is 0 Å². The highest BCUT2D eigenvalue weighted by Crippen LogP contribution is 2.33. The number of aryl methyl sites for hydroxylation is 1. The quantitative estimate of drug-likeness (QED) is 0.810. The molecule has 0 saturated carbocycles. The van der Waals surface area contributed by atoms with Crippen LogP contribution in [0, 0.1) is 19.8 Å². The second kappa shape index (κ2) is 7.73. The van der Waals surface area contributed by atoms with E-state index in [1.807, 2.05) is 19.9 Å². The van der Waals surface area contributed by atoms with Crippen LogP contribution in [0.25, 0.3) is 0 Å². The number of benzene rings is 1. The molecule has 0 radical (unpaired) electrons. The van der Waals surface area contributed by atoms with Crippen molar-refractivity contribution >= 4 is 11.6 Å². The fraction of sp³-hybridized carbons (Fsp3) is 0.600. The lowest BCUT2D eigenvalue weighted by molar-refractivity contribution is 0.227. The summed E-state index contributed by atoms with van der Waals surface area (Å²) in [7, 11) is 0. The monoisotopic (exact) mass is 285 g/mol. The molecule has 0 fully saturated rings. The number of nitrogens with two attached hydrogens (primary N) is 1. The molecule has 0 aliphatic heterocycles. The molecule has 108 valence electrons. The van der Waals surface area contributed by atoms with Gasteiger partial charge in [0.15, 0.2) is 0 Å². The third-order valence-corrected chi connectivity index (χ3v) is 3.90. The van der Waals surface area contributed by atoms with Crippen LogP contribution in [0.5, 0.6) is 5.75 Å². The van der Waals surface area contributed by atoms with Crippen molar-refractivity contribution < 1.29 is 9.84 Å². The molecule has 0 heterocycles. The standard InChI is InChI=1S/C15H24ClNO2/c1-4-5-19-14-6-10(2)15(16)11(3)13(14)7-12(8-17)9-18/h6,12,18H,4-5,7-9,17H2,1-3H3. The molecule has 0 aliphatic carbocycles. The summed E-state index contributed by atoms with van der Waals surface area (Å²) in [4.78, 5) is 0. The summed E-state index contributed by atoms with van der Waals surface area (Å²) in [5.74, 6) is 0.912. The average Bonchev–Trinajstić information content (AvgIpc) is 2.42. The zero-order valence-electron chi connectivity index (χ0n) is 12.0. The Kier molecular flexibility index (Phi) is 6.63.